The molecule has 0 aliphatic heterocycles. The number of aromatic nitrogens is 1. The van der Waals surface area contributed by atoms with Crippen LogP contribution in [-0.2, 0) is 11.2 Å². The number of ketones is 1. The van der Waals surface area contributed by atoms with Crippen LogP contribution in [0.2, 0.25) is 15.1 Å². The van der Waals surface area contributed by atoms with Gasteiger partial charge in [-0.25, -0.2) is 13.2 Å². The first kappa shape index (κ1) is 27.7. The molecule has 1 aliphatic carbocycles. The zero-order chi connectivity index (χ0) is 27.2. The van der Waals surface area contributed by atoms with E-state index in [1.807, 2.05) is 0 Å². The van der Waals surface area contributed by atoms with Crippen molar-refractivity contribution in [3.8, 4) is 0 Å². The quantitative estimate of drug-likeness (QED) is 0.217. The molecule has 1 saturated carbocycles. The van der Waals surface area contributed by atoms with E-state index in [9.17, 15) is 22.8 Å². The van der Waals surface area contributed by atoms with Crippen molar-refractivity contribution in [2.24, 2.45) is 5.92 Å². The number of benzene rings is 2. The second kappa shape index (κ2) is 10.5. The lowest BCUT2D eigenvalue weighted by Gasteiger charge is -2.10. The summed E-state index contributed by atoms with van der Waals surface area (Å²) in [6, 6.07) is 8.81. The molecule has 2 unspecified atom stereocenters. The first-order valence-corrected chi connectivity index (χ1v) is 12.3. The topological polar surface area (TPSA) is 59.1 Å². The third-order valence-corrected chi connectivity index (χ3v) is 7.47. The molecule has 3 aromatic rings. The number of carbonyl (C=O) groups is 2. The van der Waals surface area contributed by atoms with E-state index in [1.165, 1.54) is 24.3 Å². The van der Waals surface area contributed by atoms with Crippen LogP contribution in [0, 0.1) is 17.6 Å². The number of nitrogens with one attached hydrogen (secondary N) is 1. The Balaban J connectivity index is 1.54. The van der Waals surface area contributed by atoms with Crippen LogP contribution >= 0.6 is 58.0 Å². The van der Waals surface area contributed by atoms with Crippen LogP contribution in [0.15, 0.2) is 49.2 Å². The monoisotopic (exact) mass is 606 g/mol. The predicted molar refractivity (Wildman–Crippen MR) is 140 cm³/mol. The number of rotatable bonds is 7. The highest BCUT2D eigenvalue weighted by Crippen LogP contribution is 2.65. The number of hydrogen-bond donors (Lipinski definition) is 1. The van der Waals surface area contributed by atoms with Gasteiger partial charge in [0.15, 0.2) is 17.4 Å². The first-order chi connectivity index (χ1) is 17.3. The number of anilines is 1. The lowest BCUT2D eigenvalue weighted by atomic mass is 10.0. The first-order valence-electron chi connectivity index (χ1n) is 10.5. The van der Waals surface area contributed by atoms with Gasteiger partial charge in [-0.2, -0.15) is 0 Å². The fraction of sp³-hybridized carbons (Fsp3) is 0.160. The number of halogens is 8. The van der Waals surface area contributed by atoms with Crippen molar-refractivity contribution >= 4 is 81.2 Å². The molecule has 1 N–H and O–H groups in total. The molecule has 1 heterocycles. The molecule has 0 saturated heterocycles. The minimum absolute atomic E-state index is 0.00236. The van der Waals surface area contributed by atoms with E-state index in [-0.39, 0.29) is 16.3 Å². The second-order valence-electron chi connectivity index (χ2n) is 8.26. The van der Waals surface area contributed by atoms with Crippen molar-refractivity contribution in [1.82, 2.24) is 4.98 Å². The number of nitrogens with zero attached hydrogens (tertiary/aromatic N) is 1. The summed E-state index contributed by atoms with van der Waals surface area (Å²) < 4.78 is 40.2. The maximum atomic E-state index is 14.5. The van der Waals surface area contributed by atoms with Gasteiger partial charge in [-0.1, -0.05) is 41.4 Å². The number of Topliss-reactive ketones (excluding diaryl/α,β-unsaturated/α-hetero) is 1. The standard InChI is InChI=1S/C25H14Cl5F3N2O2/c1-10(31)20-17(32)9-34-18(23(20)33)8-19(36)15-7-14(2-3-16(15)28)35-24(37)22-21(25(22,29)30)11-4-12(26)6-13(27)5-11/h2-7,9,21-22H,1,8H2,(H,35,37). The Morgan fingerprint density at radius 2 is 1.70 bits per heavy atom. The van der Waals surface area contributed by atoms with E-state index in [2.05, 4.69) is 16.9 Å². The third-order valence-electron chi connectivity index (χ3n) is 5.76. The Bertz CT molecular complexity index is 1440. The van der Waals surface area contributed by atoms with E-state index in [0.29, 0.717) is 21.8 Å². The van der Waals surface area contributed by atoms with Gasteiger partial charge in [-0.15, -0.1) is 23.2 Å². The number of amides is 1. The largest absolute Gasteiger partial charge is 0.326 e. The van der Waals surface area contributed by atoms with Gasteiger partial charge in [0, 0.05) is 27.2 Å². The highest BCUT2D eigenvalue weighted by atomic mass is 35.5. The van der Waals surface area contributed by atoms with Crippen LogP contribution in [0.4, 0.5) is 18.9 Å². The van der Waals surface area contributed by atoms with Crippen molar-refractivity contribution in [3.05, 3.63) is 98.3 Å². The van der Waals surface area contributed by atoms with Crippen LogP contribution in [-0.4, -0.2) is 21.0 Å². The molecule has 4 nitrogen and oxygen atoms in total. The second-order valence-corrected chi connectivity index (χ2v) is 11.0. The Hall–Kier alpha value is -2.29. The van der Waals surface area contributed by atoms with Crippen molar-refractivity contribution in [2.45, 2.75) is 16.7 Å². The van der Waals surface area contributed by atoms with Gasteiger partial charge in [0.25, 0.3) is 0 Å². The number of alkyl halides is 2. The molecule has 0 spiro atoms. The molecule has 1 aliphatic rings. The summed E-state index contributed by atoms with van der Waals surface area (Å²) in [6.45, 7) is 2.89. The number of carbonyl (C=O) groups excluding carboxylic acids is 2. The smallest absolute Gasteiger partial charge is 0.231 e. The summed E-state index contributed by atoms with van der Waals surface area (Å²) in [5.74, 6) is -6.64. The summed E-state index contributed by atoms with van der Waals surface area (Å²) in [6.07, 6.45) is -0.0655. The lowest BCUT2D eigenvalue weighted by Crippen LogP contribution is -2.17. The van der Waals surface area contributed by atoms with E-state index >= 15 is 0 Å². The van der Waals surface area contributed by atoms with Crippen LogP contribution in [0.1, 0.15) is 33.1 Å². The minimum atomic E-state index is -1.42. The van der Waals surface area contributed by atoms with Gasteiger partial charge in [0.1, 0.15) is 10.2 Å². The van der Waals surface area contributed by atoms with E-state index in [4.69, 9.17) is 58.0 Å². The van der Waals surface area contributed by atoms with Gasteiger partial charge < -0.3 is 5.32 Å². The molecule has 1 amide bonds. The molecule has 0 radical (unpaired) electrons. The van der Waals surface area contributed by atoms with Crippen LogP contribution in [0.25, 0.3) is 5.83 Å². The van der Waals surface area contributed by atoms with Crippen molar-refractivity contribution < 1.29 is 22.8 Å². The highest BCUT2D eigenvalue weighted by molar-refractivity contribution is 6.53. The van der Waals surface area contributed by atoms with Crippen LogP contribution in [0.5, 0.6) is 0 Å². The Labute approximate surface area is 234 Å². The fourth-order valence-electron chi connectivity index (χ4n) is 3.98. The van der Waals surface area contributed by atoms with Crippen molar-refractivity contribution in [3.63, 3.8) is 0 Å². The zero-order valence-electron chi connectivity index (χ0n) is 18.4. The molecule has 192 valence electrons. The molecule has 4 rings (SSSR count). The molecular weight excluding hydrogens is 595 g/mol. The molecular formula is C25H14Cl5F3N2O2. The van der Waals surface area contributed by atoms with Gasteiger partial charge in [-0.3, -0.25) is 14.6 Å². The average Bonchev–Trinajstić information content (AvgIpc) is 3.38. The van der Waals surface area contributed by atoms with Gasteiger partial charge in [-0.05, 0) is 42.0 Å². The highest BCUT2D eigenvalue weighted by Gasteiger charge is 2.67. The average molecular weight is 609 g/mol. The summed E-state index contributed by atoms with van der Waals surface area (Å²) in [5.41, 5.74) is -0.820. The number of hydrogen-bond acceptors (Lipinski definition) is 3. The normalized spacial score (nSPS) is 17.8. The molecule has 1 fully saturated rings. The molecule has 2 aromatic carbocycles. The Morgan fingerprint density at radius 3 is 2.32 bits per heavy atom. The van der Waals surface area contributed by atoms with Gasteiger partial charge >= 0.3 is 0 Å². The summed E-state index contributed by atoms with van der Waals surface area (Å²) in [4.78, 5) is 29.4. The Morgan fingerprint density at radius 1 is 1.05 bits per heavy atom. The fourth-order valence-corrected chi connectivity index (χ4v) is 5.58. The minimum Gasteiger partial charge on any atom is -0.326 e. The lowest BCUT2D eigenvalue weighted by molar-refractivity contribution is -0.117. The summed E-state index contributed by atoms with van der Waals surface area (Å²) >= 11 is 31.0. The predicted octanol–water partition coefficient (Wildman–Crippen LogP) is 8.21. The molecule has 2 atom stereocenters. The molecule has 37 heavy (non-hydrogen) atoms. The Kier molecular flexibility index (Phi) is 7.84. The van der Waals surface area contributed by atoms with Crippen molar-refractivity contribution in [1.29, 1.82) is 0 Å². The number of pyridine rings is 1. The maximum absolute atomic E-state index is 14.5. The van der Waals surface area contributed by atoms with E-state index in [1.54, 1.807) is 12.1 Å². The van der Waals surface area contributed by atoms with Gasteiger partial charge in [0.05, 0.1) is 34.8 Å². The van der Waals surface area contributed by atoms with Crippen LogP contribution in [0.3, 0.4) is 0 Å². The van der Waals surface area contributed by atoms with E-state index < -0.39 is 63.0 Å². The van der Waals surface area contributed by atoms with Crippen molar-refractivity contribution in [2.75, 3.05) is 5.32 Å². The van der Waals surface area contributed by atoms with Crippen LogP contribution < -0.4 is 5.32 Å². The molecule has 12 heteroatoms. The summed E-state index contributed by atoms with van der Waals surface area (Å²) in [7, 11) is 0. The molecule has 1 aromatic heterocycles. The van der Waals surface area contributed by atoms with E-state index in [0.717, 1.165) is 0 Å². The van der Waals surface area contributed by atoms with Gasteiger partial charge in [0.2, 0.25) is 5.91 Å². The third kappa shape index (κ3) is 5.61. The summed E-state index contributed by atoms with van der Waals surface area (Å²) in [5, 5.41) is 3.35. The molecule has 0 bridgehead atoms. The zero-order valence-corrected chi connectivity index (χ0v) is 22.2. The maximum Gasteiger partial charge on any atom is 0.231 e. The SMILES string of the molecule is C=C(F)c1c(F)cnc(CC(=O)c2cc(NC(=O)C3C(c4cc(Cl)cc(Cl)c4)C3(Cl)Cl)ccc2Cl)c1F.